The highest BCUT2D eigenvalue weighted by Gasteiger charge is 2.18. The first-order chi connectivity index (χ1) is 43.0. The molecule has 6 nitrogen and oxygen atoms in total. The van der Waals surface area contributed by atoms with Crippen molar-refractivity contribution in [1.82, 2.24) is 5.32 Å². The molecule has 0 bridgehead atoms. The number of aliphatic hydroxyl groups excluding tert-OH is 2. The lowest BCUT2D eigenvalue weighted by molar-refractivity contribution is -0.143. The molecule has 0 aromatic heterocycles. The van der Waals surface area contributed by atoms with Gasteiger partial charge >= 0.3 is 5.97 Å². The van der Waals surface area contributed by atoms with Gasteiger partial charge in [-0.2, -0.15) is 0 Å². The number of carbonyl (C=O) groups is 2. The fourth-order valence-corrected chi connectivity index (χ4v) is 12.9. The van der Waals surface area contributed by atoms with Crippen LogP contribution in [0.2, 0.25) is 0 Å². The Labute approximate surface area is 545 Å². The van der Waals surface area contributed by atoms with Gasteiger partial charge in [0.15, 0.2) is 0 Å². The number of esters is 1. The molecule has 2 atom stereocenters. The lowest BCUT2D eigenvalue weighted by Gasteiger charge is -2.20. The first-order valence-electron chi connectivity index (χ1n) is 40.1. The van der Waals surface area contributed by atoms with Crippen LogP contribution in [-0.4, -0.2) is 47.4 Å². The molecule has 0 heterocycles. The van der Waals surface area contributed by atoms with Crippen molar-refractivity contribution in [3.63, 3.8) is 0 Å². The van der Waals surface area contributed by atoms with Crippen LogP contribution >= 0.6 is 0 Å². The molecule has 0 saturated heterocycles. The highest BCUT2D eigenvalue weighted by Crippen LogP contribution is 2.20. The molecule has 87 heavy (non-hydrogen) atoms. The van der Waals surface area contributed by atoms with Gasteiger partial charge in [0.05, 0.1) is 25.4 Å². The SMILES string of the molecule is CCCCCCCCCCCCCCCCCCCCCCCC/C=C/C(O)C(CO)NC(=O)CCCCCCCCCCCCCC/C=C\CCCCCCCCCCCCCCOC(=O)CCCCCCCCCCCCCCCCCCCC. The first kappa shape index (κ1) is 85.3. The zero-order valence-corrected chi connectivity index (χ0v) is 59.3. The van der Waals surface area contributed by atoms with E-state index >= 15 is 0 Å². The summed E-state index contributed by atoms with van der Waals surface area (Å²) in [4.78, 5) is 24.7. The van der Waals surface area contributed by atoms with Gasteiger partial charge in [0, 0.05) is 12.8 Å². The van der Waals surface area contributed by atoms with Crippen LogP contribution in [0.1, 0.15) is 457 Å². The van der Waals surface area contributed by atoms with Gasteiger partial charge in [-0.25, -0.2) is 0 Å². The number of hydrogen-bond donors (Lipinski definition) is 3. The van der Waals surface area contributed by atoms with E-state index in [-0.39, 0.29) is 18.5 Å². The molecule has 0 aliphatic carbocycles. The minimum Gasteiger partial charge on any atom is -0.466 e. The molecule has 0 radical (unpaired) electrons. The van der Waals surface area contributed by atoms with E-state index in [2.05, 4.69) is 31.3 Å². The van der Waals surface area contributed by atoms with Crippen LogP contribution in [0.25, 0.3) is 0 Å². The van der Waals surface area contributed by atoms with E-state index in [0.29, 0.717) is 19.4 Å². The van der Waals surface area contributed by atoms with E-state index in [9.17, 15) is 19.8 Å². The van der Waals surface area contributed by atoms with Crippen LogP contribution in [0.5, 0.6) is 0 Å². The van der Waals surface area contributed by atoms with Crippen molar-refractivity contribution < 1.29 is 24.5 Å². The minimum atomic E-state index is -0.846. The number of ether oxygens (including phenoxy) is 1. The second kappa shape index (κ2) is 76.8. The highest BCUT2D eigenvalue weighted by atomic mass is 16.5. The maximum absolute atomic E-state index is 12.6. The summed E-state index contributed by atoms with van der Waals surface area (Å²) in [5, 5.41) is 23.3. The quantitative estimate of drug-likeness (QED) is 0.0320. The van der Waals surface area contributed by atoms with E-state index in [1.807, 2.05) is 6.08 Å². The third-order valence-electron chi connectivity index (χ3n) is 19.0. The fourth-order valence-electron chi connectivity index (χ4n) is 12.9. The topological polar surface area (TPSA) is 95.9 Å². The standard InChI is InChI=1S/C81H157NO5/c1-3-5-7-9-11-13-15-17-19-21-23-24-25-32-35-38-41-45-49-53-57-61-65-69-73-79(84)78(77-83)82-80(85)74-70-66-62-58-54-50-46-42-39-36-33-30-28-26-27-29-31-34-37-40-44-48-52-56-60-64-68-72-76-87-81(86)75-71-67-63-59-55-51-47-43-22-20-18-16-14-12-10-8-6-4-2/h26-27,69,73,78-79,83-84H,3-25,28-68,70-72,74-77H2,1-2H3,(H,82,85)/b27-26-,73-69+. The van der Waals surface area contributed by atoms with Crippen molar-refractivity contribution in [2.75, 3.05) is 13.2 Å². The Balaban J connectivity index is 3.38. The predicted molar refractivity (Wildman–Crippen MR) is 384 cm³/mol. The monoisotopic (exact) mass is 1220 g/mol. The van der Waals surface area contributed by atoms with Crippen molar-refractivity contribution >= 4 is 11.9 Å². The number of aliphatic hydroxyl groups is 2. The van der Waals surface area contributed by atoms with Crippen LogP contribution in [0.3, 0.4) is 0 Å². The molecule has 0 aliphatic heterocycles. The van der Waals surface area contributed by atoms with Gasteiger partial charge in [-0.3, -0.25) is 9.59 Å². The summed E-state index contributed by atoms with van der Waals surface area (Å²) in [5.41, 5.74) is 0. The van der Waals surface area contributed by atoms with E-state index < -0.39 is 12.1 Å². The number of hydrogen-bond acceptors (Lipinski definition) is 5. The summed E-state index contributed by atoms with van der Waals surface area (Å²) < 4.78 is 5.52. The maximum atomic E-state index is 12.6. The van der Waals surface area contributed by atoms with E-state index in [4.69, 9.17) is 4.74 Å². The van der Waals surface area contributed by atoms with Gasteiger partial charge in [-0.05, 0) is 57.8 Å². The van der Waals surface area contributed by atoms with Gasteiger partial charge in [-0.1, -0.05) is 411 Å². The number of allylic oxidation sites excluding steroid dienone is 3. The van der Waals surface area contributed by atoms with Crippen molar-refractivity contribution in [2.45, 2.75) is 469 Å². The number of amides is 1. The molecule has 0 rings (SSSR count). The average molecular weight is 1230 g/mol. The van der Waals surface area contributed by atoms with E-state index in [1.54, 1.807) is 6.08 Å². The largest absolute Gasteiger partial charge is 0.466 e. The molecule has 0 aliphatic rings. The fraction of sp³-hybridized carbons (Fsp3) is 0.926. The molecule has 1 amide bonds. The van der Waals surface area contributed by atoms with Crippen molar-refractivity contribution in [3.05, 3.63) is 24.3 Å². The lowest BCUT2D eigenvalue weighted by atomic mass is 10.0. The van der Waals surface area contributed by atoms with Gasteiger partial charge in [0.25, 0.3) is 0 Å². The molecule has 0 spiro atoms. The van der Waals surface area contributed by atoms with E-state index in [0.717, 1.165) is 38.5 Å². The summed E-state index contributed by atoms with van der Waals surface area (Å²) in [5.74, 6) is -0.0415. The Bertz CT molecular complexity index is 1360. The Kier molecular flexibility index (Phi) is 75.3. The summed E-state index contributed by atoms with van der Waals surface area (Å²) in [6.45, 7) is 4.96. The molecule has 2 unspecified atom stereocenters. The second-order valence-electron chi connectivity index (χ2n) is 27.8. The second-order valence-corrected chi connectivity index (χ2v) is 27.8. The number of carbonyl (C=O) groups excluding carboxylic acids is 2. The van der Waals surface area contributed by atoms with Gasteiger partial charge in [0.2, 0.25) is 5.91 Å². The van der Waals surface area contributed by atoms with Crippen LogP contribution in [-0.2, 0) is 14.3 Å². The molecule has 6 heteroatoms. The number of rotatable bonds is 76. The zero-order chi connectivity index (χ0) is 62.8. The summed E-state index contributed by atoms with van der Waals surface area (Å²) in [7, 11) is 0. The summed E-state index contributed by atoms with van der Waals surface area (Å²) in [6.07, 6.45) is 98.7. The summed E-state index contributed by atoms with van der Waals surface area (Å²) >= 11 is 0. The minimum absolute atomic E-state index is 0.0211. The van der Waals surface area contributed by atoms with Crippen molar-refractivity contribution in [1.29, 1.82) is 0 Å². The first-order valence-corrected chi connectivity index (χ1v) is 40.1. The predicted octanol–water partition coefficient (Wildman–Crippen LogP) is 26.4. The highest BCUT2D eigenvalue weighted by molar-refractivity contribution is 5.76. The molecule has 0 fully saturated rings. The van der Waals surface area contributed by atoms with Crippen LogP contribution in [0.15, 0.2) is 24.3 Å². The average Bonchev–Trinajstić information content (AvgIpc) is 3.53. The Hall–Kier alpha value is -1.66. The maximum Gasteiger partial charge on any atom is 0.305 e. The van der Waals surface area contributed by atoms with Crippen LogP contribution < -0.4 is 5.32 Å². The smallest absolute Gasteiger partial charge is 0.305 e. The van der Waals surface area contributed by atoms with Gasteiger partial charge in [0.1, 0.15) is 0 Å². The summed E-state index contributed by atoms with van der Waals surface area (Å²) in [6, 6.07) is -0.629. The third kappa shape index (κ3) is 73.3. The number of nitrogens with one attached hydrogen (secondary N) is 1. The molecular weight excluding hydrogens is 1070 g/mol. The van der Waals surface area contributed by atoms with Crippen LogP contribution in [0.4, 0.5) is 0 Å². The molecule has 3 N–H and O–H groups in total. The normalized spacial score (nSPS) is 12.6. The number of unbranched alkanes of at least 4 members (excludes halogenated alkanes) is 63. The Morgan fingerprint density at radius 2 is 0.540 bits per heavy atom. The van der Waals surface area contributed by atoms with Gasteiger partial charge < -0.3 is 20.3 Å². The van der Waals surface area contributed by atoms with E-state index in [1.165, 1.54) is 392 Å². The van der Waals surface area contributed by atoms with Crippen molar-refractivity contribution in [3.8, 4) is 0 Å². The van der Waals surface area contributed by atoms with Gasteiger partial charge in [-0.15, -0.1) is 0 Å². The van der Waals surface area contributed by atoms with Crippen LogP contribution in [0, 0.1) is 0 Å². The molecule has 0 saturated carbocycles. The molecular formula is C81H157NO5. The molecule has 0 aromatic rings. The third-order valence-corrected chi connectivity index (χ3v) is 19.0. The molecule has 516 valence electrons. The molecule has 0 aromatic carbocycles. The van der Waals surface area contributed by atoms with Crippen molar-refractivity contribution in [2.24, 2.45) is 0 Å². The Morgan fingerprint density at radius 3 is 0.816 bits per heavy atom. The lowest BCUT2D eigenvalue weighted by Crippen LogP contribution is -2.45. The zero-order valence-electron chi connectivity index (χ0n) is 59.3. The Morgan fingerprint density at radius 1 is 0.310 bits per heavy atom.